The van der Waals surface area contributed by atoms with Crippen LogP contribution in [0.3, 0.4) is 0 Å². The van der Waals surface area contributed by atoms with Crippen molar-refractivity contribution in [2.45, 2.75) is 58.9 Å². The third-order valence-electron chi connectivity index (χ3n) is 4.54. The standard InChI is InChI=1S/C24H32O6Si3/c1-31(2,3)28-18-12-10-11-16-20(18)23(26)21-17(22(16)25)13-15(24(27)30-33(7,8)9)14-19(21)29-32(4,5)6/h10-14H,1-9H3. The van der Waals surface area contributed by atoms with Crippen LogP contribution in [0.4, 0.5) is 0 Å². The van der Waals surface area contributed by atoms with Crippen molar-refractivity contribution < 1.29 is 27.7 Å². The van der Waals surface area contributed by atoms with Gasteiger partial charge >= 0.3 is 5.97 Å². The Morgan fingerprint density at radius 2 is 1.21 bits per heavy atom. The Hall–Kier alpha value is -2.50. The highest BCUT2D eigenvalue weighted by Gasteiger charge is 2.38. The van der Waals surface area contributed by atoms with Gasteiger partial charge < -0.3 is 13.3 Å². The summed E-state index contributed by atoms with van der Waals surface area (Å²) in [5, 5.41) is 0. The van der Waals surface area contributed by atoms with Crippen LogP contribution in [0, 0.1) is 0 Å². The van der Waals surface area contributed by atoms with Gasteiger partial charge in [0, 0.05) is 11.1 Å². The van der Waals surface area contributed by atoms with Crippen LogP contribution < -0.4 is 8.85 Å². The summed E-state index contributed by atoms with van der Waals surface area (Å²) >= 11 is 0. The van der Waals surface area contributed by atoms with Gasteiger partial charge in [0.25, 0.3) is 0 Å². The van der Waals surface area contributed by atoms with E-state index in [0.29, 0.717) is 5.75 Å². The maximum atomic E-state index is 13.8. The molecule has 33 heavy (non-hydrogen) atoms. The van der Waals surface area contributed by atoms with Crippen LogP contribution in [0.1, 0.15) is 42.2 Å². The zero-order valence-corrected chi connectivity index (χ0v) is 23.8. The smallest absolute Gasteiger partial charge is 0.324 e. The summed E-state index contributed by atoms with van der Waals surface area (Å²) in [5.74, 6) is -0.507. The van der Waals surface area contributed by atoms with Crippen LogP contribution >= 0.6 is 0 Å². The number of ketones is 2. The minimum absolute atomic E-state index is 0.163. The maximum Gasteiger partial charge on any atom is 0.324 e. The van der Waals surface area contributed by atoms with Crippen molar-refractivity contribution in [2.24, 2.45) is 0 Å². The summed E-state index contributed by atoms with van der Waals surface area (Å²) in [6.07, 6.45) is 0. The van der Waals surface area contributed by atoms with Gasteiger partial charge in [-0.1, -0.05) is 12.1 Å². The average molecular weight is 501 g/mol. The third kappa shape index (κ3) is 5.71. The van der Waals surface area contributed by atoms with Gasteiger partial charge in [0.2, 0.25) is 30.7 Å². The van der Waals surface area contributed by atoms with E-state index in [-0.39, 0.29) is 45.1 Å². The van der Waals surface area contributed by atoms with E-state index in [1.54, 1.807) is 18.2 Å². The number of fused-ring (bicyclic) bond motifs is 2. The second kappa shape index (κ2) is 8.37. The molecule has 2 aromatic carbocycles. The summed E-state index contributed by atoms with van der Waals surface area (Å²) in [6.45, 7) is 17.7. The molecule has 3 rings (SSSR count). The number of hydrogen-bond acceptors (Lipinski definition) is 6. The second-order valence-electron chi connectivity index (χ2n) is 11.2. The van der Waals surface area contributed by atoms with Gasteiger partial charge in [-0.15, -0.1) is 0 Å². The van der Waals surface area contributed by atoms with Gasteiger partial charge in [-0.05, 0) is 77.1 Å². The Balaban J connectivity index is 2.24. The Labute approximate surface area is 198 Å². The second-order valence-corrected chi connectivity index (χ2v) is 24.5. The topological polar surface area (TPSA) is 78.9 Å². The van der Waals surface area contributed by atoms with Crippen LogP contribution in [0.5, 0.6) is 11.5 Å². The summed E-state index contributed by atoms with van der Waals surface area (Å²) in [6, 6.07) is 8.07. The van der Waals surface area contributed by atoms with Gasteiger partial charge in [0.05, 0.1) is 16.7 Å². The molecule has 6 nitrogen and oxygen atoms in total. The van der Waals surface area contributed by atoms with Gasteiger partial charge in [-0.2, -0.15) is 0 Å². The SMILES string of the molecule is C[Si](C)(C)OC(=O)c1cc(O[Si](C)(C)C)c2c(c1)C(=O)c1cccc(O[Si](C)(C)C)c1C2=O. The summed E-state index contributed by atoms with van der Waals surface area (Å²) in [5.41, 5.74) is 1.10. The predicted molar refractivity (Wildman–Crippen MR) is 136 cm³/mol. The van der Waals surface area contributed by atoms with Gasteiger partial charge in [0.15, 0.2) is 5.78 Å². The zero-order chi connectivity index (χ0) is 24.9. The number of rotatable bonds is 6. The molecule has 0 aliphatic heterocycles. The molecule has 1 aliphatic rings. The van der Waals surface area contributed by atoms with Crippen molar-refractivity contribution >= 4 is 42.5 Å². The van der Waals surface area contributed by atoms with Gasteiger partial charge in [-0.3, -0.25) is 9.59 Å². The molecule has 1 aliphatic carbocycles. The van der Waals surface area contributed by atoms with E-state index in [2.05, 4.69) is 0 Å². The number of carbonyl (C=O) groups excluding carboxylic acids is 3. The van der Waals surface area contributed by atoms with Crippen LogP contribution in [-0.2, 0) is 4.43 Å². The van der Waals surface area contributed by atoms with Crippen molar-refractivity contribution in [3.63, 3.8) is 0 Å². The minimum atomic E-state index is -2.19. The lowest BCUT2D eigenvalue weighted by Crippen LogP contribution is -2.34. The Kier molecular flexibility index (Phi) is 6.38. The fourth-order valence-corrected chi connectivity index (χ4v) is 5.86. The number of carbonyl (C=O) groups is 3. The van der Waals surface area contributed by atoms with Crippen LogP contribution in [-0.4, -0.2) is 42.5 Å². The van der Waals surface area contributed by atoms with E-state index < -0.39 is 30.9 Å². The Bertz CT molecular complexity index is 1150. The largest absolute Gasteiger partial charge is 0.544 e. The van der Waals surface area contributed by atoms with Crippen LogP contribution in [0.15, 0.2) is 30.3 Å². The Morgan fingerprint density at radius 1 is 0.667 bits per heavy atom. The molecule has 0 aromatic heterocycles. The normalized spacial score (nSPS) is 13.8. The molecule has 176 valence electrons. The maximum absolute atomic E-state index is 13.8. The van der Waals surface area contributed by atoms with E-state index in [9.17, 15) is 14.4 Å². The monoisotopic (exact) mass is 500 g/mol. The van der Waals surface area contributed by atoms with E-state index >= 15 is 0 Å². The zero-order valence-electron chi connectivity index (χ0n) is 20.8. The molecule has 0 saturated heterocycles. The van der Waals surface area contributed by atoms with Crippen molar-refractivity contribution in [3.05, 3.63) is 58.1 Å². The van der Waals surface area contributed by atoms with Crippen molar-refractivity contribution in [1.82, 2.24) is 0 Å². The van der Waals surface area contributed by atoms with Crippen molar-refractivity contribution in [1.29, 1.82) is 0 Å². The van der Waals surface area contributed by atoms with Gasteiger partial charge in [-0.25, -0.2) is 4.79 Å². The van der Waals surface area contributed by atoms with Crippen LogP contribution in [0.25, 0.3) is 0 Å². The first-order chi connectivity index (χ1) is 15.0. The molecular weight excluding hydrogens is 469 g/mol. The molecule has 9 heteroatoms. The molecule has 0 spiro atoms. The first kappa shape index (κ1) is 25.1. The molecule has 0 fully saturated rings. The first-order valence-corrected chi connectivity index (χ1v) is 21.2. The molecule has 0 radical (unpaired) electrons. The third-order valence-corrected chi connectivity index (χ3v) is 7.00. The molecule has 0 unspecified atom stereocenters. The Morgan fingerprint density at radius 3 is 1.76 bits per heavy atom. The molecule has 0 heterocycles. The highest BCUT2D eigenvalue weighted by Crippen LogP contribution is 2.39. The molecule has 2 aromatic rings. The lowest BCUT2D eigenvalue weighted by Gasteiger charge is -2.28. The summed E-state index contributed by atoms with van der Waals surface area (Å²) in [7, 11) is -6.40. The predicted octanol–water partition coefficient (Wildman–Crippen LogP) is 5.88. The van der Waals surface area contributed by atoms with Crippen LogP contribution in [0.2, 0.25) is 58.9 Å². The van der Waals surface area contributed by atoms with Crippen molar-refractivity contribution in [2.75, 3.05) is 0 Å². The van der Waals surface area contributed by atoms with Gasteiger partial charge in [0.1, 0.15) is 11.5 Å². The van der Waals surface area contributed by atoms with Crippen molar-refractivity contribution in [3.8, 4) is 11.5 Å². The number of benzene rings is 2. The summed E-state index contributed by atoms with van der Waals surface area (Å²) in [4.78, 5) is 40.2. The lowest BCUT2D eigenvalue weighted by molar-refractivity contribution is 0.0723. The molecule has 0 N–H and O–H groups in total. The van der Waals surface area contributed by atoms with E-state index in [1.165, 1.54) is 12.1 Å². The average Bonchev–Trinajstić information content (AvgIpc) is 2.61. The lowest BCUT2D eigenvalue weighted by atomic mass is 9.82. The fraction of sp³-hybridized carbons (Fsp3) is 0.375. The summed E-state index contributed by atoms with van der Waals surface area (Å²) < 4.78 is 18.0. The molecule has 0 saturated carbocycles. The van der Waals surface area contributed by atoms with E-state index in [4.69, 9.17) is 13.3 Å². The molecular formula is C24H32O6Si3. The first-order valence-electron chi connectivity index (χ1n) is 11.0. The molecule has 0 bridgehead atoms. The molecule has 0 atom stereocenters. The number of hydrogen-bond donors (Lipinski definition) is 0. The molecule has 0 amide bonds. The highest BCUT2D eigenvalue weighted by atomic mass is 28.4. The minimum Gasteiger partial charge on any atom is -0.544 e. The highest BCUT2D eigenvalue weighted by molar-refractivity contribution is 6.71. The quantitative estimate of drug-likeness (QED) is 0.393. The fourth-order valence-electron chi connectivity index (χ4n) is 3.53. The van der Waals surface area contributed by atoms with E-state index in [1.807, 2.05) is 58.9 Å². The van der Waals surface area contributed by atoms with E-state index in [0.717, 1.165) is 0 Å².